The lowest BCUT2D eigenvalue weighted by Crippen LogP contribution is -2.44. The Bertz CT molecular complexity index is 1570. The average molecular weight is 626 g/mol. The third kappa shape index (κ3) is 6.39. The van der Waals surface area contributed by atoms with E-state index in [0.717, 1.165) is 57.6 Å². The summed E-state index contributed by atoms with van der Waals surface area (Å²) in [7, 11) is 1.55. The Morgan fingerprint density at radius 2 is 1.87 bits per heavy atom. The molecule has 3 saturated heterocycles. The summed E-state index contributed by atoms with van der Waals surface area (Å²) in [6.45, 7) is 8.64. The molecule has 0 unspecified atom stereocenters. The maximum absolute atomic E-state index is 14.7. The minimum absolute atomic E-state index is 0.0443. The van der Waals surface area contributed by atoms with Gasteiger partial charge < -0.3 is 25.0 Å². The normalized spacial score (nSPS) is 20.4. The Labute approximate surface area is 258 Å². The van der Waals surface area contributed by atoms with Crippen molar-refractivity contribution in [3.05, 3.63) is 72.3 Å². The summed E-state index contributed by atoms with van der Waals surface area (Å²) in [5, 5.41) is 7.50. The van der Waals surface area contributed by atoms with Gasteiger partial charge in [-0.15, -0.1) is 0 Å². The van der Waals surface area contributed by atoms with Gasteiger partial charge in [-0.3, -0.25) is 14.5 Å². The Kier molecular flexibility index (Phi) is 9.05. The second-order valence-corrected chi connectivity index (χ2v) is 10.9. The first-order valence-electron chi connectivity index (χ1n) is 14.7. The largest absolute Gasteiger partial charge is 0.494 e. The van der Waals surface area contributed by atoms with E-state index in [2.05, 4.69) is 37.0 Å². The number of hydrogen-bond acceptors (Lipinski definition) is 10. The lowest BCUT2D eigenvalue weighted by Gasteiger charge is -2.32. The van der Waals surface area contributed by atoms with Crippen LogP contribution in [-0.2, 0) is 14.4 Å². The summed E-state index contributed by atoms with van der Waals surface area (Å²) in [5.41, 5.74) is 1.85. The number of hydrogen-bond donors (Lipinski definition) is 2. The van der Waals surface area contributed by atoms with Crippen LogP contribution in [0, 0.1) is 17.5 Å². The van der Waals surface area contributed by atoms with Crippen molar-refractivity contribution < 1.29 is 32.3 Å². The van der Waals surface area contributed by atoms with E-state index in [0.29, 0.717) is 35.4 Å². The molecule has 0 saturated carbocycles. The molecule has 2 aromatic carbocycles. The Hall–Kier alpha value is -4.40. The molecule has 11 nitrogen and oxygen atoms in total. The smallest absolute Gasteiger partial charge is 0.247 e. The number of ether oxygens (including phenoxy) is 2. The SMILES string of the molecule is C=CC(=O)Nc1cc(Nc2cc(N3OCC[C@@H]3c3ccc(F)c(F)c3F)ncn2)c(OC)cc1N1CC[C@@H](N2CCOCC2)C1. The predicted molar refractivity (Wildman–Crippen MR) is 162 cm³/mol. The number of hydroxylamine groups is 1. The number of halogens is 3. The molecule has 0 aliphatic carbocycles. The fourth-order valence-electron chi connectivity index (χ4n) is 6.03. The molecule has 238 valence electrons. The molecular weight excluding hydrogens is 591 g/mol. The number of carbonyl (C=O) groups excluding carboxylic acids is 1. The Balaban J connectivity index is 1.27. The molecule has 1 amide bonds. The highest BCUT2D eigenvalue weighted by Crippen LogP contribution is 2.41. The summed E-state index contributed by atoms with van der Waals surface area (Å²) in [4.78, 5) is 31.4. The van der Waals surface area contributed by atoms with E-state index >= 15 is 0 Å². The fourth-order valence-corrected chi connectivity index (χ4v) is 6.03. The van der Waals surface area contributed by atoms with Gasteiger partial charge in [0.25, 0.3) is 0 Å². The summed E-state index contributed by atoms with van der Waals surface area (Å²) in [5.74, 6) is -3.29. The topological polar surface area (TPSA) is 104 Å². The number of amides is 1. The van der Waals surface area contributed by atoms with Crippen molar-refractivity contribution in [2.75, 3.05) is 73.7 Å². The lowest BCUT2D eigenvalue weighted by molar-refractivity contribution is -0.111. The standard InChI is InChI=1S/C31H34F3N7O4/c1-3-29(42)38-22-14-23(26(43-2)15-25(22)40-8-6-19(17-40)39-9-12-44-13-10-39)37-27-16-28(36-18-35-27)41-24(7-11-45-41)20-4-5-21(32)31(34)30(20)33/h3-5,14-16,18-19,24H,1,6-13,17H2,2H3,(H,38,42)(H,35,36,37)/t19-,24-/m1/s1. The van der Waals surface area contributed by atoms with Crippen LogP contribution < -0.4 is 25.3 Å². The quantitative estimate of drug-likeness (QED) is 0.260. The van der Waals surface area contributed by atoms with E-state index < -0.39 is 23.5 Å². The number of nitrogens with zero attached hydrogens (tertiary/aromatic N) is 5. The van der Waals surface area contributed by atoms with Gasteiger partial charge in [-0.1, -0.05) is 12.6 Å². The molecule has 0 radical (unpaired) electrons. The van der Waals surface area contributed by atoms with Crippen LogP contribution in [0.4, 0.5) is 41.9 Å². The molecule has 1 aromatic heterocycles. The van der Waals surface area contributed by atoms with E-state index in [-0.39, 0.29) is 23.9 Å². The molecule has 4 heterocycles. The van der Waals surface area contributed by atoms with Gasteiger partial charge in [-0.25, -0.2) is 28.2 Å². The Morgan fingerprint density at radius 3 is 2.64 bits per heavy atom. The van der Waals surface area contributed by atoms with E-state index in [9.17, 15) is 18.0 Å². The molecule has 45 heavy (non-hydrogen) atoms. The van der Waals surface area contributed by atoms with Crippen LogP contribution in [0.5, 0.6) is 5.75 Å². The van der Waals surface area contributed by atoms with E-state index in [1.807, 2.05) is 6.07 Å². The monoisotopic (exact) mass is 625 g/mol. The number of methoxy groups -OCH3 is 1. The van der Waals surface area contributed by atoms with Gasteiger partial charge in [-0.2, -0.15) is 0 Å². The second kappa shape index (κ2) is 13.3. The third-order valence-electron chi connectivity index (χ3n) is 8.30. The zero-order valence-electron chi connectivity index (χ0n) is 24.8. The summed E-state index contributed by atoms with van der Waals surface area (Å²) >= 11 is 0. The average Bonchev–Trinajstić information content (AvgIpc) is 3.75. The molecule has 6 rings (SSSR count). The van der Waals surface area contributed by atoms with Crippen molar-refractivity contribution >= 4 is 34.6 Å². The summed E-state index contributed by atoms with van der Waals surface area (Å²) in [6.07, 6.45) is 3.82. The van der Waals surface area contributed by atoms with Gasteiger partial charge in [-0.05, 0) is 24.6 Å². The van der Waals surface area contributed by atoms with E-state index in [1.165, 1.54) is 23.5 Å². The second-order valence-electron chi connectivity index (χ2n) is 10.9. The van der Waals surface area contributed by atoms with Crippen molar-refractivity contribution in [3.8, 4) is 5.75 Å². The zero-order valence-corrected chi connectivity index (χ0v) is 24.8. The fraction of sp³-hybridized carbons (Fsp3) is 0.387. The number of anilines is 5. The number of benzene rings is 2. The molecule has 2 N–H and O–H groups in total. The Morgan fingerprint density at radius 1 is 1.04 bits per heavy atom. The lowest BCUT2D eigenvalue weighted by atomic mass is 10.0. The highest BCUT2D eigenvalue weighted by atomic mass is 19.2. The molecule has 0 bridgehead atoms. The van der Waals surface area contributed by atoms with Gasteiger partial charge in [0.15, 0.2) is 23.3 Å². The first kappa shape index (κ1) is 30.6. The van der Waals surface area contributed by atoms with Crippen LogP contribution in [0.15, 0.2) is 49.3 Å². The van der Waals surface area contributed by atoms with Crippen molar-refractivity contribution in [1.29, 1.82) is 0 Å². The number of rotatable bonds is 9. The minimum Gasteiger partial charge on any atom is -0.494 e. The molecular formula is C31H34F3N7O4. The maximum Gasteiger partial charge on any atom is 0.247 e. The molecule has 2 atom stereocenters. The number of carbonyl (C=O) groups is 1. The summed E-state index contributed by atoms with van der Waals surface area (Å²) < 4.78 is 53.5. The highest BCUT2D eigenvalue weighted by Gasteiger charge is 2.33. The molecule has 14 heteroatoms. The summed E-state index contributed by atoms with van der Waals surface area (Å²) in [6, 6.07) is 6.95. The number of aromatic nitrogens is 2. The van der Waals surface area contributed by atoms with Crippen LogP contribution in [0.3, 0.4) is 0 Å². The predicted octanol–water partition coefficient (Wildman–Crippen LogP) is 4.56. The third-order valence-corrected chi connectivity index (χ3v) is 8.30. The molecule has 3 fully saturated rings. The molecule has 3 aliphatic heterocycles. The van der Waals surface area contributed by atoms with Crippen molar-refractivity contribution in [2.45, 2.75) is 24.9 Å². The first-order valence-corrected chi connectivity index (χ1v) is 14.7. The number of nitrogens with one attached hydrogen (secondary N) is 2. The maximum atomic E-state index is 14.7. The van der Waals surface area contributed by atoms with Gasteiger partial charge in [0, 0.05) is 56.3 Å². The minimum atomic E-state index is -1.54. The number of morpholine rings is 1. The van der Waals surface area contributed by atoms with Crippen LogP contribution in [0.2, 0.25) is 0 Å². The molecule has 3 aliphatic rings. The van der Waals surface area contributed by atoms with Gasteiger partial charge in [0.05, 0.1) is 50.0 Å². The van der Waals surface area contributed by atoms with Crippen LogP contribution in [-0.4, -0.2) is 79.9 Å². The van der Waals surface area contributed by atoms with Crippen LogP contribution in [0.25, 0.3) is 0 Å². The van der Waals surface area contributed by atoms with Crippen LogP contribution >= 0.6 is 0 Å². The zero-order chi connectivity index (χ0) is 31.5. The van der Waals surface area contributed by atoms with Crippen LogP contribution in [0.1, 0.15) is 24.4 Å². The van der Waals surface area contributed by atoms with Gasteiger partial charge >= 0.3 is 0 Å². The van der Waals surface area contributed by atoms with Crippen molar-refractivity contribution in [1.82, 2.24) is 14.9 Å². The van der Waals surface area contributed by atoms with Gasteiger partial charge in [0.1, 0.15) is 17.9 Å². The van der Waals surface area contributed by atoms with Crippen molar-refractivity contribution in [2.24, 2.45) is 0 Å². The molecule has 0 spiro atoms. The van der Waals surface area contributed by atoms with E-state index in [1.54, 1.807) is 19.2 Å². The van der Waals surface area contributed by atoms with Crippen molar-refractivity contribution in [3.63, 3.8) is 0 Å². The van der Waals surface area contributed by atoms with Gasteiger partial charge in [0.2, 0.25) is 5.91 Å². The molecule has 3 aromatic rings. The van der Waals surface area contributed by atoms with E-state index in [4.69, 9.17) is 14.3 Å². The first-order chi connectivity index (χ1) is 21.9. The highest BCUT2D eigenvalue weighted by molar-refractivity contribution is 6.02.